The monoisotopic (exact) mass is 453 g/mol. The van der Waals surface area contributed by atoms with Crippen LogP contribution in [0.1, 0.15) is 22.2 Å². The molecule has 0 aliphatic carbocycles. The number of likely N-dealkylation sites (N-methyl/N-ethyl adjacent to an activating group) is 1. The summed E-state index contributed by atoms with van der Waals surface area (Å²) in [6.07, 6.45) is 1.49. The molecule has 0 saturated carbocycles. The van der Waals surface area contributed by atoms with Crippen molar-refractivity contribution in [3.8, 4) is 11.6 Å². The van der Waals surface area contributed by atoms with E-state index in [2.05, 4.69) is 10.3 Å². The third-order valence-electron chi connectivity index (χ3n) is 4.38. The van der Waals surface area contributed by atoms with Crippen LogP contribution in [-0.2, 0) is 20.9 Å². The van der Waals surface area contributed by atoms with Crippen molar-refractivity contribution in [1.29, 1.82) is 0 Å². The van der Waals surface area contributed by atoms with Crippen molar-refractivity contribution >= 4 is 29.1 Å². The van der Waals surface area contributed by atoms with E-state index < -0.39 is 18.5 Å². The molecule has 9 heteroatoms. The molecule has 3 aromatic rings. The third-order valence-corrected chi connectivity index (χ3v) is 5.26. The summed E-state index contributed by atoms with van der Waals surface area (Å²) in [6, 6.07) is 15.8. The average molecular weight is 454 g/mol. The molecular formula is C23H23N3O5S. The minimum Gasteiger partial charge on any atom is -0.452 e. The van der Waals surface area contributed by atoms with E-state index in [1.165, 1.54) is 28.5 Å². The number of carbonyl (C=O) groups is 3. The maximum absolute atomic E-state index is 12.5. The number of carbonyl (C=O) groups excluding carboxylic acids is 3. The van der Waals surface area contributed by atoms with E-state index in [-0.39, 0.29) is 23.9 Å². The van der Waals surface area contributed by atoms with Crippen molar-refractivity contribution in [3.63, 3.8) is 0 Å². The number of hydrogen-bond acceptors (Lipinski definition) is 7. The second-order valence-corrected chi connectivity index (χ2v) is 7.64. The molecule has 0 spiro atoms. The summed E-state index contributed by atoms with van der Waals surface area (Å²) in [5.74, 6) is -0.902. The Morgan fingerprint density at radius 3 is 2.59 bits per heavy atom. The number of aromatic nitrogens is 1. The summed E-state index contributed by atoms with van der Waals surface area (Å²) in [4.78, 5) is 43.6. The van der Waals surface area contributed by atoms with Crippen molar-refractivity contribution < 1.29 is 23.9 Å². The molecule has 2 heterocycles. The van der Waals surface area contributed by atoms with Gasteiger partial charge in [-0.25, -0.2) is 9.78 Å². The van der Waals surface area contributed by atoms with Gasteiger partial charge in [0.15, 0.2) is 6.61 Å². The smallest absolute Gasteiger partial charge is 0.344 e. The van der Waals surface area contributed by atoms with Crippen LogP contribution in [0.3, 0.4) is 0 Å². The minimum absolute atomic E-state index is 0.0800. The van der Waals surface area contributed by atoms with Gasteiger partial charge in [0.2, 0.25) is 11.8 Å². The molecule has 0 aliphatic rings. The number of amides is 2. The molecule has 2 amide bonds. The maximum Gasteiger partial charge on any atom is 0.344 e. The first-order valence-electron chi connectivity index (χ1n) is 9.98. The summed E-state index contributed by atoms with van der Waals surface area (Å²) in [6.45, 7) is 1.84. The molecule has 0 fully saturated rings. The lowest BCUT2D eigenvalue weighted by Crippen LogP contribution is -2.42. The van der Waals surface area contributed by atoms with Crippen LogP contribution in [-0.4, -0.2) is 47.4 Å². The fourth-order valence-electron chi connectivity index (χ4n) is 2.73. The van der Waals surface area contributed by atoms with Gasteiger partial charge in [-0.1, -0.05) is 24.3 Å². The molecule has 2 aromatic heterocycles. The number of esters is 1. The highest BCUT2D eigenvalue weighted by Crippen LogP contribution is 2.23. The van der Waals surface area contributed by atoms with E-state index in [0.29, 0.717) is 18.8 Å². The Hall–Kier alpha value is -3.72. The first-order chi connectivity index (χ1) is 15.6. The van der Waals surface area contributed by atoms with Gasteiger partial charge in [0.1, 0.15) is 11.3 Å². The van der Waals surface area contributed by atoms with E-state index >= 15 is 0 Å². The van der Waals surface area contributed by atoms with E-state index in [0.717, 1.165) is 4.88 Å². The molecule has 166 valence electrons. The minimum atomic E-state index is -0.740. The predicted octanol–water partition coefficient (Wildman–Crippen LogP) is 3.26. The van der Waals surface area contributed by atoms with Gasteiger partial charge in [-0.2, -0.15) is 0 Å². The Balaban J connectivity index is 1.53. The van der Waals surface area contributed by atoms with Crippen LogP contribution in [0, 0.1) is 0 Å². The van der Waals surface area contributed by atoms with Gasteiger partial charge in [-0.15, -0.1) is 11.3 Å². The fourth-order valence-corrected chi connectivity index (χ4v) is 3.37. The molecule has 0 radical (unpaired) electrons. The van der Waals surface area contributed by atoms with E-state index in [1.807, 2.05) is 23.6 Å². The number of para-hydroxylation sites is 1. The highest BCUT2D eigenvalue weighted by Gasteiger charge is 2.20. The van der Waals surface area contributed by atoms with E-state index in [1.54, 1.807) is 37.3 Å². The summed E-state index contributed by atoms with van der Waals surface area (Å²) < 4.78 is 10.8. The van der Waals surface area contributed by atoms with Crippen LogP contribution in [0.5, 0.6) is 11.6 Å². The number of thiophene rings is 1. The molecule has 32 heavy (non-hydrogen) atoms. The molecule has 1 N–H and O–H groups in total. The lowest BCUT2D eigenvalue weighted by molar-refractivity contribution is -0.138. The van der Waals surface area contributed by atoms with Gasteiger partial charge >= 0.3 is 5.97 Å². The number of pyridine rings is 1. The molecule has 0 aliphatic heterocycles. The quantitative estimate of drug-likeness (QED) is 0.473. The molecule has 8 nitrogen and oxygen atoms in total. The second-order valence-electron chi connectivity index (χ2n) is 6.61. The van der Waals surface area contributed by atoms with Crippen LogP contribution in [0.25, 0.3) is 0 Å². The first kappa shape index (κ1) is 23.0. The third kappa shape index (κ3) is 6.64. The summed E-state index contributed by atoms with van der Waals surface area (Å²) in [5.41, 5.74) is 0.0980. The van der Waals surface area contributed by atoms with Crippen LogP contribution < -0.4 is 10.1 Å². The Kier molecular flexibility index (Phi) is 8.33. The summed E-state index contributed by atoms with van der Waals surface area (Å²) in [7, 11) is 0. The predicted molar refractivity (Wildman–Crippen MR) is 119 cm³/mol. The normalized spacial score (nSPS) is 10.3. The number of nitrogens with zero attached hydrogens (tertiary/aromatic N) is 2. The number of benzene rings is 1. The summed E-state index contributed by atoms with van der Waals surface area (Å²) >= 11 is 1.54. The largest absolute Gasteiger partial charge is 0.452 e. The molecular weight excluding hydrogens is 430 g/mol. The summed E-state index contributed by atoms with van der Waals surface area (Å²) in [5, 5.41) is 4.70. The molecule has 1 aromatic carbocycles. The lowest BCUT2D eigenvalue weighted by atomic mass is 10.2. The van der Waals surface area contributed by atoms with Crippen molar-refractivity contribution in [2.24, 2.45) is 0 Å². The van der Waals surface area contributed by atoms with E-state index in [4.69, 9.17) is 9.47 Å². The zero-order valence-electron chi connectivity index (χ0n) is 17.5. The van der Waals surface area contributed by atoms with Crippen molar-refractivity contribution in [1.82, 2.24) is 15.2 Å². The molecule has 3 rings (SSSR count). The standard InChI is InChI=1S/C23H23N3O5S/c1-2-26(15-20(27)25-14-18-10-7-13-32-18)21(28)16-30-23(29)19-11-6-12-24-22(19)31-17-8-4-3-5-9-17/h3-13H,2,14-16H2,1H3,(H,25,27). The molecule has 0 bridgehead atoms. The Labute approximate surface area is 189 Å². The van der Waals surface area contributed by atoms with Crippen molar-refractivity contribution in [3.05, 3.63) is 76.6 Å². The van der Waals surface area contributed by atoms with Gasteiger partial charge in [-0.3, -0.25) is 9.59 Å². The highest BCUT2D eigenvalue weighted by atomic mass is 32.1. The number of rotatable bonds is 10. The van der Waals surface area contributed by atoms with E-state index in [9.17, 15) is 14.4 Å². The van der Waals surface area contributed by atoms with Gasteiger partial charge in [-0.05, 0) is 42.6 Å². The zero-order valence-corrected chi connectivity index (χ0v) is 18.3. The lowest BCUT2D eigenvalue weighted by Gasteiger charge is -2.20. The van der Waals surface area contributed by atoms with Crippen LogP contribution in [0.2, 0.25) is 0 Å². The van der Waals surface area contributed by atoms with Crippen molar-refractivity contribution in [2.75, 3.05) is 19.7 Å². The van der Waals surface area contributed by atoms with Crippen LogP contribution >= 0.6 is 11.3 Å². The topological polar surface area (TPSA) is 97.8 Å². The number of hydrogen-bond donors (Lipinski definition) is 1. The zero-order chi connectivity index (χ0) is 22.8. The van der Waals surface area contributed by atoms with Gasteiger partial charge in [0.25, 0.3) is 5.91 Å². The maximum atomic E-state index is 12.5. The Morgan fingerprint density at radius 2 is 1.88 bits per heavy atom. The number of nitrogens with one attached hydrogen (secondary N) is 1. The molecule has 0 unspecified atom stereocenters. The second kappa shape index (κ2) is 11.6. The van der Waals surface area contributed by atoms with Crippen LogP contribution in [0.4, 0.5) is 0 Å². The Morgan fingerprint density at radius 1 is 1.06 bits per heavy atom. The first-order valence-corrected chi connectivity index (χ1v) is 10.9. The average Bonchev–Trinajstić information content (AvgIpc) is 3.34. The SMILES string of the molecule is CCN(CC(=O)NCc1cccs1)C(=O)COC(=O)c1cccnc1Oc1ccccc1. The van der Waals surface area contributed by atoms with Gasteiger partial charge in [0, 0.05) is 17.6 Å². The van der Waals surface area contributed by atoms with Crippen LogP contribution in [0.15, 0.2) is 66.2 Å². The molecule has 0 saturated heterocycles. The molecule has 0 atom stereocenters. The number of ether oxygens (including phenoxy) is 2. The fraction of sp³-hybridized carbons (Fsp3) is 0.217. The van der Waals surface area contributed by atoms with Crippen molar-refractivity contribution in [2.45, 2.75) is 13.5 Å². The van der Waals surface area contributed by atoms with Gasteiger partial charge in [0.05, 0.1) is 13.1 Å². The highest BCUT2D eigenvalue weighted by molar-refractivity contribution is 7.09. The Bertz CT molecular complexity index is 1040. The van der Waals surface area contributed by atoms with Gasteiger partial charge < -0.3 is 19.7 Å².